The second-order valence-electron chi connectivity index (χ2n) is 27.3. The van der Waals surface area contributed by atoms with Crippen LogP contribution in [0.4, 0.5) is 0 Å². The Morgan fingerprint density at radius 2 is 0.527 bits per heavy atom. The molecular weight excluding hydrogens is 1500 g/mol. The molecule has 6 unspecified atom stereocenters. The van der Waals surface area contributed by atoms with Gasteiger partial charge < -0.3 is 82.7 Å². The lowest BCUT2D eigenvalue weighted by Crippen LogP contribution is -2.29. The first-order chi connectivity index (χ1) is 54.3. The van der Waals surface area contributed by atoms with E-state index in [0.717, 1.165) is 12.8 Å². The number of hydrogen-bond donors (Lipinski definition) is 6. The predicted molar refractivity (Wildman–Crippen MR) is 419 cm³/mol. The van der Waals surface area contributed by atoms with Crippen molar-refractivity contribution in [3.05, 3.63) is 25.3 Å². The lowest BCUT2D eigenvalue weighted by Gasteiger charge is -2.18. The fourth-order valence-electron chi connectivity index (χ4n) is 10.9. The zero-order valence-electron chi connectivity index (χ0n) is 66.6. The molecule has 0 amide bonds. The maximum Gasteiger partial charge on any atom is 0.320 e. The Morgan fingerprint density at radius 3 is 0.875 bits per heavy atom. The zero-order valence-corrected chi connectivity index (χ0v) is 68.3. The smallest absolute Gasteiger partial charge is 0.320 e. The number of carbonyl (C=O) groups excluding carboxylic acids is 12. The molecule has 0 aromatic rings. The van der Waals surface area contributed by atoms with Crippen LogP contribution < -0.4 is 0 Å². The fourth-order valence-corrected chi connectivity index (χ4v) is 12.8. The molecule has 0 saturated heterocycles. The Bertz CT molecular complexity index is 2540. The van der Waals surface area contributed by atoms with Crippen LogP contribution in [-0.4, -0.2) is 230 Å². The van der Waals surface area contributed by atoms with Crippen LogP contribution in [0.1, 0.15) is 263 Å². The highest BCUT2D eigenvalue weighted by Gasteiger charge is 2.33. The summed E-state index contributed by atoms with van der Waals surface area (Å²) in [6.45, 7) is 7.73. The van der Waals surface area contributed by atoms with Crippen LogP contribution in [0, 0.1) is 23.7 Å². The SMILES string of the molecule is C=CCOC(=O)C(CCCCO)C(=O)OCCCCCC(=O)OCCCCCCOC(=O)C(CCCCOC(=O)CCCCCO)C(=O)OCCCCCC(O)C(O)CSCCCOC(=O)C(CCCCO)C(=O)OCCCCCC(=O)OCCCCCCOC(=O)C(CCCCSC(=O)CCCCCO)C(=O)OCC=C. The van der Waals surface area contributed by atoms with Gasteiger partial charge >= 0.3 is 65.7 Å². The van der Waals surface area contributed by atoms with E-state index in [2.05, 4.69) is 13.2 Å². The molecule has 0 aliphatic rings. The van der Waals surface area contributed by atoms with Gasteiger partial charge in [-0.05, 0) is 218 Å². The molecule has 0 aliphatic heterocycles. The van der Waals surface area contributed by atoms with Gasteiger partial charge in [0.15, 0.2) is 28.8 Å². The van der Waals surface area contributed by atoms with Gasteiger partial charge in [0.05, 0.1) is 71.7 Å². The minimum Gasteiger partial charge on any atom is -0.466 e. The Kier molecular flexibility index (Phi) is 71.9. The highest BCUT2D eigenvalue weighted by molar-refractivity contribution is 8.13. The number of hydrogen-bond acceptors (Lipinski definition) is 31. The number of thioether (sulfide) groups is 2. The van der Waals surface area contributed by atoms with E-state index < -0.39 is 83.6 Å². The van der Waals surface area contributed by atoms with Gasteiger partial charge in [0.2, 0.25) is 0 Å². The van der Waals surface area contributed by atoms with Gasteiger partial charge in [-0.3, -0.25) is 57.5 Å². The molecule has 0 heterocycles. The predicted octanol–water partition coefficient (Wildman–Crippen LogP) is 10.5. The maximum absolute atomic E-state index is 13.3. The van der Waals surface area contributed by atoms with Crippen molar-refractivity contribution < 1.29 is 140 Å². The lowest BCUT2D eigenvalue weighted by molar-refractivity contribution is -0.164. The van der Waals surface area contributed by atoms with Crippen LogP contribution in [0.2, 0.25) is 0 Å². The normalized spacial score (nSPS) is 12.7. The van der Waals surface area contributed by atoms with Crippen LogP contribution in [0.3, 0.4) is 0 Å². The number of aliphatic hydroxyl groups excluding tert-OH is 6. The van der Waals surface area contributed by atoms with Crippen LogP contribution in [0.15, 0.2) is 25.3 Å². The third-order valence-electron chi connectivity index (χ3n) is 17.6. The number of unbranched alkanes of at least 4 members (excludes halogenated alkanes) is 20. The Labute approximate surface area is 672 Å². The average molecular weight is 1640 g/mol. The molecule has 0 saturated carbocycles. The van der Waals surface area contributed by atoms with E-state index in [1.54, 1.807) is 0 Å². The van der Waals surface area contributed by atoms with Crippen molar-refractivity contribution in [3.63, 3.8) is 0 Å². The van der Waals surface area contributed by atoms with Gasteiger partial charge in [0.25, 0.3) is 0 Å². The molecule has 0 aromatic carbocycles. The van der Waals surface area contributed by atoms with Crippen molar-refractivity contribution in [2.24, 2.45) is 23.7 Å². The number of aliphatic hydroxyl groups is 6. The third kappa shape index (κ3) is 61.3. The van der Waals surface area contributed by atoms with Crippen LogP contribution in [0.25, 0.3) is 0 Å². The summed E-state index contributed by atoms with van der Waals surface area (Å²) < 4.78 is 58.7. The van der Waals surface area contributed by atoms with Gasteiger partial charge in [-0.25, -0.2) is 0 Å². The van der Waals surface area contributed by atoms with E-state index in [-0.39, 0.29) is 179 Å². The summed E-state index contributed by atoms with van der Waals surface area (Å²) in [5.41, 5.74) is 0. The summed E-state index contributed by atoms with van der Waals surface area (Å²) in [6.07, 6.45) is 20.2. The van der Waals surface area contributed by atoms with Crippen molar-refractivity contribution in [1.82, 2.24) is 0 Å². The monoisotopic (exact) mass is 1640 g/mol. The summed E-state index contributed by atoms with van der Waals surface area (Å²) in [7, 11) is 0. The van der Waals surface area contributed by atoms with E-state index in [1.807, 2.05) is 0 Å². The second-order valence-corrected chi connectivity index (χ2v) is 29.6. The van der Waals surface area contributed by atoms with E-state index in [9.17, 15) is 72.9 Å². The van der Waals surface area contributed by atoms with Gasteiger partial charge in [-0.15, -0.1) is 0 Å². The molecule has 31 heteroatoms. The zero-order chi connectivity index (χ0) is 82.7. The quantitative estimate of drug-likeness (QED) is 0.0108. The molecule has 0 spiro atoms. The van der Waals surface area contributed by atoms with E-state index in [4.69, 9.17) is 67.4 Å². The van der Waals surface area contributed by atoms with Gasteiger partial charge in [-0.1, -0.05) is 62.8 Å². The molecule has 0 rings (SSSR count). The van der Waals surface area contributed by atoms with Crippen LogP contribution in [-0.2, 0) is 110 Å². The average Bonchev–Trinajstić information content (AvgIpc) is 0.919. The Morgan fingerprint density at radius 1 is 0.268 bits per heavy atom. The molecule has 646 valence electrons. The number of ether oxygens (including phenoxy) is 11. The third-order valence-corrected chi connectivity index (χ3v) is 19.7. The van der Waals surface area contributed by atoms with Crippen molar-refractivity contribution >= 4 is 94.3 Å². The van der Waals surface area contributed by atoms with E-state index in [1.165, 1.54) is 35.7 Å². The molecular formula is C81H136O29S2. The minimum atomic E-state index is -1.21. The summed E-state index contributed by atoms with van der Waals surface area (Å²) in [6, 6.07) is 0. The van der Waals surface area contributed by atoms with Crippen LogP contribution >= 0.6 is 23.5 Å². The molecule has 6 N–H and O–H groups in total. The molecule has 29 nitrogen and oxygen atoms in total. The van der Waals surface area contributed by atoms with Crippen molar-refractivity contribution in [1.29, 1.82) is 0 Å². The summed E-state index contributed by atoms with van der Waals surface area (Å²) >= 11 is 2.58. The lowest BCUT2D eigenvalue weighted by atomic mass is 10.0. The standard InChI is InChI=1S/C81H136O29S2/c1-3-50-103-74(92)64(37-19-25-48-84)76(94)108-58-32-12-16-43-71(89)100-52-27-5-7-29-55-105-78(96)66(39-21-34-54-102-70(88)42-15-9-23-46-82)79(97)107-57-31-11-14-41-68(86)69(87)63-111-61-36-60-110-81(99)65(38-20-26-49-85)77(95)109-59-33-13-17-44-72(90)101-53-28-6-8-30-56-106-80(98)67(75(93)104-51-4-2)40-22-35-62-112-73(91)45-18-10-24-47-83/h3-4,64-69,82-87H,1-2,5-63H2. The molecule has 0 bridgehead atoms. The fraction of sp³-hybridized carbons (Fsp3) is 0.802. The first-order valence-electron chi connectivity index (χ1n) is 40.9. The minimum absolute atomic E-state index is 0.00130. The van der Waals surface area contributed by atoms with Crippen molar-refractivity contribution in [2.75, 3.05) is 116 Å². The molecule has 0 aliphatic carbocycles. The molecule has 0 radical (unpaired) electrons. The number of esters is 11. The molecule has 0 aromatic heterocycles. The van der Waals surface area contributed by atoms with Gasteiger partial charge in [-0.2, -0.15) is 11.8 Å². The Hall–Kier alpha value is -6.22. The number of carbonyl (C=O) groups is 12. The number of rotatable bonds is 79. The highest BCUT2D eigenvalue weighted by atomic mass is 32.2. The van der Waals surface area contributed by atoms with E-state index in [0.29, 0.717) is 211 Å². The van der Waals surface area contributed by atoms with Crippen molar-refractivity contribution in [3.8, 4) is 0 Å². The van der Waals surface area contributed by atoms with Gasteiger partial charge in [0.1, 0.15) is 13.2 Å². The van der Waals surface area contributed by atoms with Crippen molar-refractivity contribution in [2.45, 2.75) is 275 Å². The second kappa shape index (κ2) is 76.1. The highest BCUT2D eigenvalue weighted by Crippen LogP contribution is 2.22. The van der Waals surface area contributed by atoms with Gasteiger partial charge in [0, 0.05) is 63.6 Å². The molecule has 6 atom stereocenters. The first-order valence-corrected chi connectivity index (χ1v) is 43.0. The summed E-state index contributed by atoms with van der Waals surface area (Å²) in [4.78, 5) is 152. The first kappa shape index (κ1) is 106. The molecule has 112 heavy (non-hydrogen) atoms. The Balaban J connectivity index is 4.66. The summed E-state index contributed by atoms with van der Waals surface area (Å²) in [5.74, 6) is -10.1. The maximum atomic E-state index is 13.3. The summed E-state index contributed by atoms with van der Waals surface area (Å²) in [5, 5.41) is 57.7. The van der Waals surface area contributed by atoms with Crippen LogP contribution in [0.5, 0.6) is 0 Å². The van der Waals surface area contributed by atoms with E-state index >= 15 is 0 Å². The topological polar surface area (TPSA) is 428 Å². The molecule has 0 fully saturated rings. The largest absolute Gasteiger partial charge is 0.466 e.